The summed E-state index contributed by atoms with van der Waals surface area (Å²) >= 11 is 1.24. The zero-order valence-corrected chi connectivity index (χ0v) is 10.4. The maximum Gasteiger partial charge on any atom is 0.186 e. The summed E-state index contributed by atoms with van der Waals surface area (Å²) in [5, 5.41) is 3.20. The van der Waals surface area contributed by atoms with Gasteiger partial charge in [0.05, 0.1) is 5.75 Å². The highest BCUT2D eigenvalue weighted by atomic mass is 32.2. The third kappa shape index (κ3) is 5.01. The Labute approximate surface area is 101 Å². The second-order valence-electron chi connectivity index (χ2n) is 3.31. The number of thioether (sulfide) groups is 1. The molecule has 0 radical (unpaired) electrons. The topological polar surface area (TPSA) is 29.1 Å². The van der Waals surface area contributed by atoms with Crippen LogP contribution in [0.1, 0.15) is 18.1 Å². The van der Waals surface area contributed by atoms with Crippen molar-refractivity contribution in [3.05, 3.63) is 35.4 Å². The van der Waals surface area contributed by atoms with Crippen LogP contribution >= 0.6 is 11.8 Å². The van der Waals surface area contributed by atoms with Crippen LogP contribution in [0.5, 0.6) is 0 Å². The molecule has 0 unspecified atom stereocenters. The Bertz CT molecular complexity index is 400. The largest absolute Gasteiger partial charge is 0.316 e. The van der Waals surface area contributed by atoms with Crippen LogP contribution in [0.2, 0.25) is 0 Å². The van der Waals surface area contributed by atoms with Crippen LogP contribution in [0.25, 0.3) is 0 Å². The van der Waals surface area contributed by atoms with Gasteiger partial charge in [-0.2, -0.15) is 0 Å². The maximum atomic E-state index is 10.7. The normalized spacial score (nSPS) is 9.38. The summed E-state index contributed by atoms with van der Waals surface area (Å²) in [6, 6.07) is 8.10. The molecule has 2 nitrogen and oxygen atoms in total. The molecule has 1 N–H and O–H groups in total. The van der Waals surface area contributed by atoms with Crippen molar-refractivity contribution in [1.82, 2.24) is 5.32 Å². The second-order valence-corrected chi connectivity index (χ2v) is 4.46. The molecule has 0 saturated heterocycles. The van der Waals surface area contributed by atoms with Gasteiger partial charge >= 0.3 is 0 Å². The number of rotatable bonds is 3. The smallest absolute Gasteiger partial charge is 0.186 e. The zero-order chi connectivity index (χ0) is 11.8. The molecule has 0 aromatic heterocycles. The van der Waals surface area contributed by atoms with Crippen molar-refractivity contribution in [2.75, 3.05) is 12.8 Å². The molecule has 0 heterocycles. The number of hydrogen-bond acceptors (Lipinski definition) is 3. The van der Waals surface area contributed by atoms with Crippen molar-refractivity contribution in [2.24, 2.45) is 0 Å². The lowest BCUT2D eigenvalue weighted by molar-refractivity contribution is -0.109. The number of carbonyl (C=O) groups is 1. The van der Waals surface area contributed by atoms with Crippen molar-refractivity contribution in [3.8, 4) is 11.8 Å². The van der Waals surface area contributed by atoms with Gasteiger partial charge in [-0.1, -0.05) is 35.7 Å². The van der Waals surface area contributed by atoms with E-state index in [4.69, 9.17) is 0 Å². The molecular weight excluding hydrogens is 218 g/mol. The highest BCUT2D eigenvalue weighted by Crippen LogP contribution is 2.03. The van der Waals surface area contributed by atoms with Crippen LogP contribution < -0.4 is 5.32 Å². The SMILES string of the molecule is CNCc1ccc(C#CCSC(C)=O)cc1. The highest BCUT2D eigenvalue weighted by Gasteiger charge is 1.91. The summed E-state index contributed by atoms with van der Waals surface area (Å²) in [6.45, 7) is 2.42. The van der Waals surface area contributed by atoms with Crippen molar-refractivity contribution in [1.29, 1.82) is 0 Å². The number of nitrogens with one attached hydrogen (secondary N) is 1. The Hall–Kier alpha value is -1.24. The van der Waals surface area contributed by atoms with E-state index in [1.165, 1.54) is 17.3 Å². The fraction of sp³-hybridized carbons (Fsp3) is 0.308. The van der Waals surface area contributed by atoms with Crippen molar-refractivity contribution >= 4 is 16.9 Å². The maximum absolute atomic E-state index is 10.7. The van der Waals surface area contributed by atoms with Crippen molar-refractivity contribution < 1.29 is 4.79 Å². The molecule has 1 aromatic rings. The molecule has 84 valence electrons. The Morgan fingerprint density at radius 2 is 2.06 bits per heavy atom. The van der Waals surface area contributed by atoms with E-state index in [2.05, 4.69) is 29.3 Å². The quantitative estimate of drug-likeness (QED) is 0.810. The Balaban J connectivity index is 2.51. The lowest BCUT2D eigenvalue weighted by Crippen LogP contribution is -2.04. The molecule has 3 heteroatoms. The van der Waals surface area contributed by atoms with Gasteiger partial charge in [0.1, 0.15) is 0 Å². The Morgan fingerprint density at radius 3 is 2.62 bits per heavy atom. The van der Waals surface area contributed by atoms with Gasteiger partial charge in [0, 0.05) is 19.0 Å². The second kappa shape index (κ2) is 7.10. The van der Waals surface area contributed by atoms with Gasteiger partial charge in [0.2, 0.25) is 0 Å². The van der Waals surface area contributed by atoms with Gasteiger partial charge in [-0.25, -0.2) is 0 Å². The van der Waals surface area contributed by atoms with E-state index in [0.29, 0.717) is 5.75 Å². The fourth-order valence-corrected chi connectivity index (χ4v) is 1.53. The minimum atomic E-state index is 0.110. The van der Waals surface area contributed by atoms with E-state index in [0.717, 1.165) is 12.1 Å². The first kappa shape index (κ1) is 12.8. The molecule has 0 atom stereocenters. The molecule has 0 bridgehead atoms. The number of benzene rings is 1. The average molecular weight is 233 g/mol. The molecule has 0 aliphatic heterocycles. The lowest BCUT2D eigenvalue weighted by Gasteiger charge is -1.98. The van der Waals surface area contributed by atoms with Gasteiger partial charge in [-0.3, -0.25) is 4.79 Å². The predicted molar refractivity (Wildman–Crippen MR) is 69.2 cm³/mol. The molecule has 16 heavy (non-hydrogen) atoms. The fourth-order valence-electron chi connectivity index (χ4n) is 1.19. The van der Waals surface area contributed by atoms with Gasteiger partial charge < -0.3 is 5.32 Å². The third-order valence-corrected chi connectivity index (χ3v) is 2.61. The van der Waals surface area contributed by atoms with Crippen LogP contribution in [-0.4, -0.2) is 17.9 Å². The summed E-state index contributed by atoms with van der Waals surface area (Å²) in [5.74, 6) is 6.55. The minimum absolute atomic E-state index is 0.110. The van der Waals surface area contributed by atoms with Crippen LogP contribution in [-0.2, 0) is 11.3 Å². The lowest BCUT2D eigenvalue weighted by atomic mass is 10.1. The van der Waals surface area contributed by atoms with Crippen LogP contribution in [0, 0.1) is 11.8 Å². The molecule has 0 spiro atoms. The number of carbonyl (C=O) groups excluding carboxylic acids is 1. The molecule has 0 amide bonds. The molecule has 0 aliphatic carbocycles. The molecule has 0 fully saturated rings. The molecule has 1 rings (SSSR count). The van der Waals surface area contributed by atoms with Crippen molar-refractivity contribution in [3.63, 3.8) is 0 Å². The predicted octanol–water partition coefficient (Wildman–Crippen LogP) is 2.04. The van der Waals surface area contributed by atoms with Crippen molar-refractivity contribution in [2.45, 2.75) is 13.5 Å². The highest BCUT2D eigenvalue weighted by molar-refractivity contribution is 8.13. The van der Waals surface area contributed by atoms with Gasteiger partial charge in [0.15, 0.2) is 5.12 Å². The Kier molecular flexibility index (Phi) is 5.69. The first-order valence-corrected chi connectivity index (χ1v) is 6.06. The van der Waals surface area contributed by atoms with E-state index < -0.39 is 0 Å². The van der Waals surface area contributed by atoms with Gasteiger partial charge in [-0.15, -0.1) is 0 Å². The van der Waals surface area contributed by atoms with Gasteiger partial charge in [-0.05, 0) is 24.7 Å². The summed E-state index contributed by atoms with van der Waals surface area (Å²) in [7, 11) is 1.92. The summed E-state index contributed by atoms with van der Waals surface area (Å²) in [6.07, 6.45) is 0. The third-order valence-electron chi connectivity index (χ3n) is 1.92. The van der Waals surface area contributed by atoms with E-state index in [1.54, 1.807) is 6.92 Å². The standard InChI is InChI=1S/C13H15NOS/c1-11(15)16-9-3-4-12-5-7-13(8-6-12)10-14-2/h5-8,14H,9-10H2,1-2H3. The summed E-state index contributed by atoms with van der Waals surface area (Å²) in [4.78, 5) is 10.7. The molecule has 0 saturated carbocycles. The van der Waals surface area contributed by atoms with E-state index >= 15 is 0 Å². The zero-order valence-electron chi connectivity index (χ0n) is 9.54. The number of hydrogen-bond donors (Lipinski definition) is 1. The monoisotopic (exact) mass is 233 g/mol. The summed E-state index contributed by atoms with van der Waals surface area (Å²) < 4.78 is 0. The van der Waals surface area contributed by atoms with Gasteiger partial charge in [0.25, 0.3) is 0 Å². The van der Waals surface area contributed by atoms with Crippen LogP contribution in [0.4, 0.5) is 0 Å². The summed E-state index contributed by atoms with van der Waals surface area (Å²) in [5.41, 5.74) is 2.23. The average Bonchev–Trinajstić information content (AvgIpc) is 2.27. The first-order valence-electron chi connectivity index (χ1n) is 5.08. The van der Waals surface area contributed by atoms with Crippen LogP contribution in [0.3, 0.4) is 0 Å². The molecular formula is C13H15NOS. The Morgan fingerprint density at radius 1 is 1.38 bits per heavy atom. The van der Waals surface area contributed by atoms with E-state index in [-0.39, 0.29) is 5.12 Å². The first-order chi connectivity index (χ1) is 7.72. The van der Waals surface area contributed by atoms with E-state index in [1.807, 2.05) is 19.2 Å². The minimum Gasteiger partial charge on any atom is -0.316 e. The van der Waals surface area contributed by atoms with E-state index in [9.17, 15) is 4.79 Å². The van der Waals surface area contributed by atoms with Crippen LogP contribution in [0.15, 0.2) is 24.3 Å². The molecule has 1 aromatic carbocycles. The molecule has 0 aliphatic rings.